The van der Waals surface area contributed by atoms with Gasteiger partial charge in [-0.25, -0.2) is 0 Å². The van der Waals surface area contributed by atoms with Gasteiger partial charge in [0.05, 0.1) is 13.1 Å². The summed E-state index contributed by atoms with van der Waals surface area (Å²) in [6.45, 7) is 9.41. The molecule has 0 unspecified atom stereocenters. The molecule has 4 N–H and O–H groups in total. The Bertz CT molecular complexity index is 775. The number of nitrogens with zero attached hydrogens (tertiary/aromatic N) is 3. The maximum atomic E-state index is 12.4. The Morgan fingerprint density at radius 3 is 1.30 bits per heavy atom. The van der Waals surface area contributed by atoms with Gasteiger partial charge in [-0.2, -0.15) is 0 Å². The van der Waals surface area contributed by atoms with Crippen molar-refractivity contribution in [3.8, 4) is 0 Å². The van der Waals surface area contributed by atoms with Crippen LogP contribution in [-0.2, 0) is 28.8 Å². The summed E-state index contributed by atoms with van der Waals surface area (Å²) in [5, 5.41) is 17.4. The molecule has 0 atom stereocenters. The summed E-state index contributed by atoms with van der Waals surface area (Å²) in [4.78, 5) is 75.9. The number of carboxylic acids is 1. The molecule has 0 saturated heterocycles. The first-order valence-electron chi connectivity index (χ1n) is 12.8. The maximum Gasteiger partial charge on any atom is 0.323 e. The van der Waals surface area contributed by atoms with Gasteiger partial charge in [-0.1, -0.05) is 34.6 Å². The summed E-state index contributed by atoms with van der Waals surface area (Å²) in [6.07, 6.45) is 0.592. The first-order chi connectivity index (χ1) is 17.4. The molecule has 0 saturated carbocycles. The van der Waals surface area contributed by atoms with E-state index in [2.05, 4.69) is 16.0 Å². The van der Waals surface area contributed by atoms with Crippen molar-refractivity contribution in [3.05, 3.63) is 0 Å². The Hall–Kier alpha value is -3.22. The zero-order chi connectivity index (χ0) is 28.4. The van der Waals surface area contributed by atoms with E-state index in [0.717, 1.165) is 4.90 Å². The van der Waals surface area contributed by atoms with Gasteiger partial charge in [0.25, 0.3) is 0 Å². The number of carboxylic acid groups (broad SMARTS) is 1. The van der Waals surface area contributed by atoms with Crippen LogP contribution in [0.5, 0.6) is 0 Å². The quantitative estimate of drug-likeness (QED) is 0.166. The Labute approximate surface area is 219 Å². The molecule has 0 bridgehead atoms. The van der Waals surface area contributed by atoms with Gasteiger partial charge in [-0.15, -0.1) is 0 Å². The molecular weight excluding hydrogens is 484 g/mol. The molecule has 212 valence electrons. The molecule has 13 heteroatoms. The number of carbonyl (C=O) groups excluding carboxylic acids is 5. The van der Waals surface area contributed by atoms with Crippen molar-refractivity contribution >= 4 is 35.5 Å². The lowest BCUT2D eigenvalue weighted by molar-refractivity contribution is -0.144. The van der Waals surface area contributed by atoms with Crippen LogP contribution in [0.4, 0.5) is 0 Å². The van der Waals surface area contributed by atoms with Gasteiger partial charge in [-0.05, 0) is 0 Å². The van der Waals surface area contributed by atoms with E-state index in [1.54, 1.807) is 20.8 Å². The Morgan fingerprint density at radius 1 is 0.622 bits per heavy atom. The number of hydrogen-bond acceptors (Lipinski definition) is 7. The van der Waals surface area contributed by atoms with Gasteiger partial charge in [0.15, 0.2) is 0 Å². The van der Waals surface area contributed by atoms with Crippen LogP contribution in [0.2, 0.25) is 0 Å². The van der Waals surface area contributed by atoms with Crippen LogP contribution in [0.15, 0.2) is 0 Å². The fourth-order valence-electron chi connectivity index (χ4n) is 3.32. The van der Waals surface area contributed by atoms with Crippen molar-refractivity contribution in [2.45, 2.75) is 59.9 Å². The fraction of sp³-hybridized carbons (Fsp3) is 0.750. The van der Waals surface area contributed by atoms with Crippen molar-refractivity contribution < 1.29 is 33.9 Å². The van der Waals surface area contributed by atoms with Gasteiger partial charge < -0.3 is 35.8 Å². The number of aliphatic carboxylic acids is 1. The minimum absolute atomic E-state index is 0.0299. The highest BCUT2D eigenvalue weighted by atomic mass is 16.4. The summed E-state index contributed by atoms with van der Waals surface area (Å²) in [5.41, 5.74) is 0. The molecule has 0 aliphatic rings. The molecule has 0 heterocycles. The topological polar surface area (TPSA) is 168 Å². The van der Waals surface area contributed by atoms with Crippen molar-refractivity contribution in [3.63, 3.8) is 0 Å². The average molecular weight is 529 g/mol. The minimum Gasteiger partial charge on any atom is -0.480 e. The van der Waals surface area contributed by atoms with Crippen molar-refractivity contribution in [2.75, 3.05) is 58.9 Å². The molecule has 0 radical (unpaired) electrons. The molecule has 37 heavy (non-hydrogen) atoms. The lowest BCUT2D eigenvalue weighted by Crippen LogP contribution is -2.48. The van der Waals surface area contributed by atoms with Gasteiger partial charge in [0.2, 0.25) is 29.5 Å². The van der Waals surface area contributed by atoms with E-state index in [0.29, 0.717) is 13.1 Å². The third-order valence-corrected chi connectivity index (χ3v) is 5.30. The van der Waals surface area contributed by atoms with Crippen LogP contribution in [0.25, 0.3) is 0 Å². The monoisotopic (exact) mass is 528 g/mol. The van der Waals surface area contributed by atoms with Gasteiger partial charge in [0.1, 0.15) is 6.54 Å². The second-order valence-corrected chi connectivity index (χ2v) is 8.71. The number of carbonyl (C=O) groups is 6. The molecule has 0 aromatic heterocycles. The number of amides is 5. The number of hydrogen-bond donors (Lipinski definition) is 4. The second-order valence-electron chi connectivity index (χ2n) is 8.71. The van der Waals surface area contributed by atoms with Gasteiger partial charge in [-0.3, -0.25) is 28.8 Å². The molecule has 0 aliphatic carbocycles. The van der Waals surface area contributed by atoms with E-state index in [4.69, 9.17) is 5.11 Å². The SMILES string of the molecule is CCC(=O)N(CCNC(=O)CN(CCNC(=O)CN(CCNC(C)C)C(=O)CC)C(=O)CC)CC(=O)O. The normalized spacial score (nSPS) is 10.5. The molecule has 0 aromatic carbocycles. The van der Waals surface area contributed by atoms with Crippen LogP contribution >= 0.6 is 0 Å². The summed E-state index contributed by atoms with van der Waals surface area (Å²) in [6, 6.07) is 0.259. The third kappa shape index (κ3) is 15.5. The maximum absolute atomic E-state index is 12.4. The van der Waals surface area contributed by atoms with Crippen molar-refractivity contribution in [2.24, 2.45) is 0 Å². The highest BCUT2D eigenvalue weighted by Gasteiger charge is 2.19. The molecule has 0 aromatic rings. The molecule has 13 nitrogen and oxygen atoms in total. The Balaban J connectivity index is 4.73. The van der Waals surface area contributed by atoms with Crippen LogP contribution in [0.3, 0.4) is 0 Å². The molecule has 0 rings (SSSR count). The van der Waals surface area contributed by atoms with Crippen LogP contribution in [-0.4, -0.2) is 120 Å². The summed E-state index contributed by atoms with van der Waals surface area (Å²) < 4.78 is 0. The van der Waals surface area contributed by atoms with Crippen molar-refractivity contribution in [1.29, 1.82) is 0 Å². The first-order valence-corrected chi connectivity index (χ1v) is 12.8. The predicted molar refractivity (Wildman–Crippen MR) is 137 cm³/mol. The third-order valence-electron chi connectivity index (χ3n) is 5.30. The number of nitrogens with one attached hydrogen (secondary N) is 3. The van der Waals surface area contributed by atoms with E-state index in [-0.39, 0.29) is 88.2 Å². The minimum atomic E-state index is -1.15. The summed E-state index contributed by atoms with van der Waals surface area (Å²) in [7, 11) is 0. The molecule has 0 aliphatic heterocycles. The first kappa shape index (κ1) is 33.8. The Kier molecular flexibility index (Phi) is 17.3. The zero-order valence-electron chi connectivity index (χ0n) is 22.8. The standard InChI is InChI=1S/C24H44N6O7/c1-6-21(33)28(12-9-25-18(4)5)15-19(31)26-10-13-29(22(34)7-2)16-20(32)27-11-14-30(17-24(36)37)23(35)8-3/h18,25H,6-17H2,1-5H3,(H,26,31)(H,27,32)(H,36,37). The molecular formula is C24H44N6O7. The lowest BCUT2D eigenvalue weighted by atomic mass is 10.3. The summed E-state index contributed by atoms with van der Waals surface area (Å²) >= 11 is 0. The van der Waals surface area contributed by atoms with Crippen molar-refractivity contribution in [1.82, 2.24) is 30.7 Å². The smallest absolute Gasteiger partial charge is 0.323 e. The van der Waals surface area contributed by atoms with Gasteiger partial charge in [0, 0.05) is 64.6 Å². The van der Waals surface area contributed by atoms with E-state index in [1.165, 1.54) is 9.80 Å². The lowest BCUT2D eigenvalue weighted by Gasteiger charge is -2.24. The summed E-state index contributed by atoms with van der Waals surface area (Å²) in [5.74, 6) is -2.73. The second kappa shape index (κ2) is 19.0. The van der Waals surface area contributed by atoms with Gasteiger partial charge >= 0.3 is 5.97 Å². The molecule has 0 fully saturated rings. The van der Waals surface area contributed by atoms with Crippen LogP contribution in [0.1, 0.15) is 53.9 Å². The van der Waals surface area contributed by atoms with Crippen LogP contribution in [0, 0.1) is 0 Å². The Morgan fingerprint density at radius 2 is 0.973 bits per heavy atom. The predicted octanol–water partition coefficient (Wildman–Crippen LogP) is -0.983. The van der Waals surface area contributed by atoms with E-state index >= 15 is 0 Å². The van der Waals surface area contributed by atoms with E-state index in [9.17, 15) is 28.8 Å². The van der Waals surface area contributed by atoms with Crippen LogP contribution < -0.4 is 16.0 Å². The molecule has 0 spiro atoms. The highest BCUT2D eigenvalue weighted by Crippen LogP contribution is 1.97. The average Bonchev–Trinajstić information content (AvgIpc) is 2.84. The fourth-order valence-corrected chi connectivity index (χ4v) is 3.32. The molecule has 5 amide bonds. The number of rotatable bonds is 19. The largest absolute Gasteiger partial charge is 0.480 e. The van der Waals surface area contributed by atoms with E-state index in [1.807, 2.05) is 13.8 Å². The highest BCUT2D eigenvalue weighted by molar-refractivity contribution is 5.86. The van der Waals surface area contributed by atoms with E-state index < -0.39 is 18.4 Å². The zero-order valence-corrected chi connectivity index (χ0v) is 22.8.